The first-order valence-corrected chi connectivity index (χ1v) is 5.28. The molecular weight excluding hydrogens is 164 g/mol. The lowest BCUT2D eigenvalue weighted by Gasteiger charge is -2.22. The third-order valence-corrected chi connectivity index (χ3v) is 2.69. The molecule has 3 nitrogen and oxygen atoms in total. The highest BCUT2D eigenvalue weighted by Gasteiger charge is 2.15. The summed E-state index contributed by atoms with van der Waals surface area (Å²) in [5, 5.41) is 0. The first kappa shape index (κ1) is 10.9. The van der Waals surface area contributed by atoms with Gasteiger partial charge in [-0.2, -0.15) is 0 Å². The maximum atomic E-state index is 10.2. The Morgan fingerprint density at radius 2 is 1.82 bits per heavy atom. The molecule has 4 heteroatoms. The second-order valence-corrected chi connectivity index (χ2v) is 5.05. The molecule has 0 saturated carbocycles. The van der Waals surface area contributed by atoms with Crippen LogP contribution in [0.5, 0.6) is 0 Å². The van der Waals surface area contributed by atoms with Crippen LogP contribution in [0.1, 0.15) is 33.6 Å². The van der Waals surface area contributed by atoms with E-state index in [-0.39, 0.29) is 11.2 Å². The van der Waals surface area contributed by atoms with Crippen molar-refractivity contribution in [3.8, 4) is 0 Å². The smallest absolute Gasteiger partial charge is 0.0946 e. The van der Waals surface area contributed by atoms with Gasteiger partial charge in [0, 0.05) is 5.75 Å². The van der Waals surface area contributed by atoms with Gasteiger partial charge in [0.2, 0.25) is 0 Å². The lowest BCUT2D eigenvalue weighted by Crippen LogP contribution is -2.16. The fraction of sp³-hybridized carbons (Fsp3) is 1.00. The zero-order valence-electron chi connectivity index (χ0n) is 7.25. The molecule has 0 fully saturated rings. The molecule has 0 aromatic rings. The highest BCUT2D eigenvalue weighted by atomic mass is 32.2. The standard InChI is InChI=1S/C7H16O3S/c1-4-7(2,3)5-6-11(8,9)10/h4-6H2,1-3H3,(H,8,9,10)/p-1. The molecule has 11 heavy (non-hydrogen) atoms. The molecule has 68 valence electrons. The Morgan fingerprint density at radius 1 is 1.36 bits per heavy atom. The Morgan fingerprint density at radius 3 is 2.09 bits per heavy atom. The van der Waals surface area contributed by atoms with Gasteiger partial charge in [-0.3, -0.25) is 0 Å². The molecule has 0 heterocycles. The van der Waals surface area contributed by atoms with Crippen molar-refractivity contribution < 1.29 is 13.0 Å². The topological polar surface area (TPSA) is 57.2 Å². The molecule has 0 aliphatic rings. The maximum absolute atomic E-state index is 10.2. The van der Waals surface area contributed by atoms with E-state index in [1.54, 1.807) is 0 Å². The molecule has 0 aromatic carbocycles. The van der Waals surface area contributed by atoms with E-state index in [0.717, 1.165) is 6.42 Å². The van der Waals surface area contributed by atoms with Gasteiger partial charge < -0.3 is 4.55 Å². The Hall–Kier alpha value is -0.0900. The average Bonchev–Trinajstić information content (AvgIpc) is 1.83. The number of hydrogen-bond acceptors (Lipinski definition) is 3. The van der Waals surface area contributed by atoms with Gasteiger partial charge in [0.15, 0.2) is 0 Å². The summed E-state index contributed by atoms with van der Waals surface area (Å²) < 4.78 is 30.7. The van der Waals surface area contributed by atoms with Crippen LogP contribution >= 0.6 is 0 Å². The second kappa shape index (κ2) is 3.54. The van der Waals surface area contributed by atoms with E-state index in [9.17, 15) is 13.0 Å². The fourth-order valence-electron chi connectivity index (χ4n) is 0.578. The monoisotopic (exact) mass is 179 g/mol. The minimum atomic E-state index is -4.02. The van der Waals surface area contributed by atoms with Crippen molar-refractivity contribution >= 4 is 10.1 Å². The summed E-state index contributed by atoms with van der Waals surface area (Å²) in [6, 6.07) is 0. The van der Waals surface area contributed by atoms with Gasteiger partial charge in [-0.05, 0) is 11.8 Å². The third kappa shape index (κ3) is 6.31. The Balaban J connectivity index is 3.90. The zero-order valence-corrected chi connectivity index (χ0v) is 8.07. The van der Waals surface area contributed by atoms with Crippen LogP contribution in [0.4, 0.5) is 0 Å². The maximum Gasteiger partial charge on any atom is 0.0946 e. The normalized spacial score (nSPS) is 13.5. The summed E-state index contributed by atoms with van der Waals surface area (Å²) in [5.74, 6) is -0.242. The van der Waals surface area contributed by atoms with E-state index in [2.05, 4.69) is 0 Å². The van der Waals surface area contributed by atoms with E-state index in [1.165, 1.54) is 0 Å². The van der Waals surface area contributed by atoms with Gasteiger partial charge >= 0.3 is 0 Å². The minimum Gasteiger partial charge on any atom is -0.748 e. The Kier molecular flexibility index (Phi) is 3.51. The molecule has 0 bridgehead atoms. The molecule has 0 aromatic heterocycles. The SMILES string of the molecule is CCC(C)(C)CCS(=O)(=O)[O-]. The van der Waals surface area contributed by atoms with Crippen molar-refractivity contribution in [2.75, 3.05) is 5.75 Å². The third-order valence-electron chi connectivity index (χ3n) is 1.99. The first-order chi connectivity index (χ1) is 4.77. The fourth-order valence-corrected chi connectivity index (χ4v) is 1.38. The van der Waals surface area contributed by atoms with Gasteiger partial charge in [0.05, 0.1) is 10.1 Å². The molecule has 0 N–H and O–H groups in total. The summed E-state index contributed by atoms with van der Waals surface area (Å²) >= 11 is 0. The van der Waals surface area contributed by atoms with E-state index in [1.807, 2.05) is 20.8 Å². The molecule has 0 radical (unpaired) electrons. The molecule has 0 aliphatic carbocycles. The van der Waals surface area contributed by atoms with Gasteiger partial charge in [0.25, 0.3) is 0 Å². The van der Waals surface area contributed by atoms with Crippen LogP contribution in [0.15, 0.2) is 0 Å². The number of hydrogen-bond donors (Lipinski definition) is 0. The molecule has 0 aliphatic heterocycles. The van der Waals surface area contributed by atoms with Crippen LogP contribution in [0.25, 0.3) is 0 Å². The van der Waals surface area contributed by atoms with Crippen molar-refractivity contribution in [2.24, 2.45) is 5.41 Å². The van der Waals surface area contributed by atoms with E-state index < -0.39 is 10.1 Å². The van der Waals surface area contributed by atoms with Gasteiger partial charge in [-0.15, -0.1) is 0 Å². The van der Waals surface area contributed by atoms with Crippen LogP contribution in [0.2, 0.25) is 0 Å². The van der Waals surface area contributed by atoms with Crippen molar-refractivity contribution in [1.29, 1.82) is 0 Å². The van der Waals surface area contributed by atoms with Gasteiger partial charge in [-0.1, -0.05) is 27.2 Å². The first-order valence-electron chi connectivity index (χ1n) is 3.70. The van der Waals surface area contributed by atoms with Crippen molar-refractivity contribution in [1.82, 2.24) is 0 Å². The molecule has 0 unspecified atom stereocenters. The van der Waals surface area contributed by atoms with E-state index in [4.69, 9.17) is 0 Å². The van der Waals surface area contributed by atoms with Crippen LogP contribution in [-0.4, -0.2) is 18.7 Å². The van der Waals surface area contributed by atoms with Crippen molar-refractivity contribution in [3.05, 3.63) is 0 Å². The highest BCUT2D eigenvalue weighted by molar-refractivity contribution is 7.85. The summed E-state index contributed by atoms with van der Waals surface area (Å²) in [7, 11) is -4.02. The zero-order chi connectivity index (χ0) is 9.12. The van der Waals surface area contributed by atoms with Crippen LogP contribution in [-0.2, 0) is 10.1 Å². The molecular formula is C7H15O3S-. The lowest BCUT2D eigenvalue weighted by molar-refractivity contribution is 0.333. The van der Waals surface area contributed by atoms with Gasteiger partial charge in [-0.25, -0.2) is 8.42 Å². The van der Waals surface area contributed by atoms with E-state index >= 15 is 0 Å². The molecule has 0 amide bonds. The van der Waals surface area contributed by atoms with Crippen LogP contribution in [0, 0.1) is 5.41 Å². The number of rotatable bonds is 4. The van der Waals surface area contributed by atoms with Crippen molar-refractivity contribution in [2.45, 2.75) is 33.6 Å². The summed E-state index contributed by atoms with van der Waals surface area (Å²) in [5.41, 5.74) is -0.0303. The predicted octanol–water partition coefficient (Wildman–Crippen LogP) is 1.36. The summed E-state index contributed by atoms with van der Waals surface area (Å²) in [4.78, 5) is 0. The lowest BCUT2D eigenvalue weighted by atomic mass is 9.87. The molecule has 0 atom stereocenters. The second-order valence-electron chi connectivity index (χ2n) is 3.53. The minimum absolute atomic E-state index is 0.0303. The summed E-state index contributed by atoms with van der Waals surface area (Å²) in [6.45, 7) is 5.90. The molecule has 0 rings (SSSR count). The predicted molar refractivity (Wildman–Crippen MR) is 43.3 cm³/mol. The Labute approximate surface area is 68.6 Å². The summed E-state index contributed by atoms with van der Waals surface area (Å²) in [6.07, 6.45) is 1.35. The van der Waals surface area contributed by atoms with Crippen molar-refractivity contribution in [3.63, 3.8) is 0 Å². The Bertz CT molecular complexity index is 204. The highest BCUT2D eigenvalue weighted by Crippen LogP contribution is 2.24. The largest absolute Gasteiger partial charge is 0.748 e. The quantitative estimate of drug-likeness (QED) is 0.612. The molecule has 0 spiro atoms. The van der Waals surface area contributed by atoms with Gasteiger partial charge in [0.1, 0.15) is 0 Å². The van der Waals surface area contributed by atoms with Crippen LogP contribution < -0.4 is 0 Å². The van der Waals surface area contributed by atoms with Crippen LogP contribution in [0.3, 0.4) is 0 Å². The average molecular weight is 179 g/mol. The van der Waals surface area contributed by atoms with E-state index in [0.29, 0.717) is 6.42 Å². The molecule has 0 saturated heterocycles.